The molecule has 29 heavy (non-hydrogen) atoms. The number of piperidine rings is 2. The first-order valence-electron chi connectivity index (χ1n) is 10.6. The zero-order valence-corrected chi connectivity index (χ0v) is 16.6. The Morgan fingerprint density at radius 3 is 2.52 bits per heavy atom. The first-order valence-corrected chi connectivity index (χ1v) is 10.6. The number of aromatic nitrogens is 1. The van der Waals surface area contributed by atoms with Crippen molar-refractivity contribution in [2.75, 3.05) is 24.5 Å². The molecule has 148 valence electrons. The van der Waals surface area contributed by atoms with E-state index < -0.39 is 0 Å². The Kier molecular flexibility index (Phi) is 4.50. The molecule has 3 aliphatic rings. The number of anilines is 1. The quantitative estimate of drug-likeness (QED) is 0.807. The summed E-state index contributed by atoms with van der Waals surface area (Å²) in [7, 11) is 0. The third kappa shape index (κ3) is 3.37. The molecule has 1 amide bonds. The Balaban J connectivity index is 1.39. The number of hydrogen-bond donors (Lipinski definition) is 0. The van der Waals surface area contributed by atoms with Crippen LogP contribution in [0.5, 0.6) is 0 Å². The highest BCUT2D eigenvalue weighted by Crippen LogP contribution is 2.48. The summed E-state index contributed by atoms with van der Waals surface area (Å²) in [5, 5.41) is 9.42. The molecule has 5 nitrogen and oxygen atoms in total. The monoisotopic (exact) mass is 386 g/mol. The van der Waals surface area contributed by atoms with Gasteiger partial charge in [0, 0.05) is 31.9 Å². The van der Waals surface area contributed by atoms with Crippen molar-refractivity contribution < 1.29 is 4.79 Å². The van der Waals surface area contributed by atoms with Crippen LogP contribution in [0.25, 0.3) is 0 Å². The summed E-state index contributed by atoms with van der Waals surface area (Å²) in [5.41, 5.74) is 1.96. The molecule has 0 radical (unpaired) electrons. The molecule has 1 aliphatic carbocycles. The summed E-state index contributed by atoms with van der Waals surface area (Å²) in [6, 6.07) is 16.7. The molecule has 5 heteroatoms. The molecule has 2 saturated heterocycles. The van der Waals surface area contributed by atoms with Crippen LogP contribution < -0.4 is 4.90 Å². The third-order valence-corrected chi connectivity index (χ3v) is 6.94. The fraction of sp³-hybridized carbons (Fsp3) is 0.458. The van der Waals surface area contributed by atoms with Gasteiger partial charge in [0.25, 0.3) is 0 Å². The molecule has 1 spiro atoms. The highest BCUT2D eigenvalue weighted by Gasteiger charge is 2.49. The van der Waals surface area contributed by atoms with Crippen molar-refractivity contribution in [3.05, 3.63) is 59.8 Å². The Bertz CT molecular complexity index is 939. The van der Waals surface area contributed by atoms with Crippen LogP contribution in [0.15, 0.2) is 48.7 Å². The van der Waals surface area contributed by atoms with Crippen LogP contribution in [0.1, 0.15) is 49.1 Å². The maximum absolute atomic E-state index is 13.3. The van der Waals surface area contributed by atoms with Crippen LogP contribution in [0.2, 0.25) is 0 Å². The van der Waals surface area contributed by atoms with E-state index in [4.69, 9.17) is 0 Å². The van der Waals surface area contributed by atoms with Crippen molar-refractivity contribution in [3.63, 3.8) is 0 Å². The van der Waals surface area contributed by atoms with E-state index in [1.165, 1.54) is 0 Å². The fourth-order valence-electron chi connectivity index (χ4n) is 5.16. The molecule has 5 rings (SSSR count). The van der Waals surface area contributed by atoms with Crippen molar-refractivity contribution in [3.8, 4) is 6.07 Å². The number of pyridine rings is 1. The number of amides is 1. The largest absolute Gasteiger partial charge is 0.355 e. The minimum Gasteiger partial charge on any atom is -0.355 e. The Morgan fingerprint density at radius 2 is 1.83 bits per heavy atom. The van der Waals surface area contributed by atoms with Gasteiger partial charge in [-0.25, -0.2) is 4.98 Å². The highest BCUT2D eigenvalue weighted by molar-refractivity contribution is 5.85. The molecule has 1 saturated carbocycles. The second-order valence-corrected chi connectivity index (χ2v) is 8.84. The maximum atomic E-state index is 13.3. The summed E-state index contributed by atoms with van der Waals surface area (Å²) >= 11 is 0. The minimum absolute atomic E-state index is 0.0263. The van der Waals surface area contributed by atoms with Crippen molar-refractivity contribution in [1.29, 1.82) is 5.26 Å². The van der Waals surface area contributed by atoms with Crippen LogP contribution in [-0.2, 0) is 4.79 Å². The van der Waals surface area contributed by atoms with Crippen LogP contribution in [-0.4, -0.2) is 41.5 Å². The van der Waals surface area contributed by atoms with Gasteiger partial charge < -0.3 is 9.80 Å². The van der Waals surface area contributed by atoms with Gasteiger partial charge in [-0.05, 0) is 55.2 Å². The van der Waals surface area contributed by atoms with Gasteiger partial charge in [-0.3, -0.25) is 4.79 Å². The predicted octanol–water partition coefficient (Wildman–Crippen LogP) is 3.72. The van der Waals surface area contributed by atoms with Gasteiger partial charge in [0.1, 0.15) is 11.9 Å². The van der Waals surface area contributed by atoms with E-state index in [2.05, 4.69) is 33.0 Å². The fourth-order valence-corrected chi connectivity index (χ4v) is 5.16. The van der Waals surface area contributed by atoms with E-state index in [1.54, 1.807) is 6.20 Å². The van der Waals surface area contributed by atoms with Gasteiger partial charge in [-0.2, -0.15) is 5.26 Å². The van der Waals surface area contributed by atoms with E-state index in [1.807, 2.05) is 30.3 Å². The van der Waals surface area contributed by atoms with Crippen LogP contribution >= 0.6 is 0 Å². The SMILES string of the molecule is N#Cc1cccnc1N1CCC2(CC1)CC(c1ccccc1)C(=O)N(C1CC1)C2. The number of likely N-dealkylation sites (tertiary alicyclic amines) is 1. The lowest BCUT2D eigenvalue weighted by atomic mass is 9.67. The van der Waals surface area contributed by atoms with Gasteiger partial charge in [0.2, 0.25) is 5.91 Å². The molecule has 0 bridgehead atoms. The van der Waals surface area contributed by atoms with E-state index >= 15 is 0 Å². The molecule has 3 heterocycles. The summed E-state index contributed by atoms with van der Waals surface area (Å²) in [4.78, 5) is 22.2. The molecular weight excluding hydrogens is 360 g/mol. The van der Waals surface area contributed by atoms with Gasteiger partial charge in [-0.15, -0.1) is 0 Å². The molecule has 1 aromatic carbocycles. The van der Waals surface area contributed by atoms with E-state index in [0.717, 1.165) is 63.1 Å². The second-order valence-electron chi connectivity index (χ2n) is 8.84. The molecule has 2 aromatic rings. The third-order valence-electron chi connectivity index (χ3n) is 6.94. The summed E-state index contributed by atoms with van der Waals surface area (Å²) in [6.07, 6.45) is 7.06. The first-order chi connectivity index (χ1) is 14.2. The molecule has 1 unspecified atom stereocenters. The Labute approximate surface area is 172 Å². The maximum Gasteiger partial charge on any atom is 0.230 e. The highest BCUT2D eigenvalue weighted by atomic mass is 16.2. The van der Waals surface area contributed by atoms with Crippen molar-refractivity contribution >= 4 is 11.7 Å². The molecule has 1 atom stereocenters. The van der Waals surface area contributed by atoms with Crippen LogP contribution in [0.3, 0.4) is 0 Å². The predicted molar refractivity (Wildman–Crippen MR) is 111 cm³/mol. The zero-order valence-electron chi connectivity index (χ0n) is 16.6. The summed E-state index contributed by atoms with van der Waals surface area (Å²) in [5.74, 6) is 1.10. The second kappa shape index (κ2) is 7.18. The van der Waals surface area contributed by atoms with Crippen LogP contribution in [0, 0.1) is 16.7 Å². The van der Waals surface area contributed by atoms with Gasteiger partial charge in [-0.1, -0.05) is 30.3 Å². The lowest BCUT2D eigenvalue weighted by Gasteiger charge is -2.50. The van der Waals surface area contributed by atoms with E-state index in [9.17, 15) is 10.1 Å². The van der Waals surface area contributed by atoms with Gasteiger partial charge >= 0.3 is 0 Å². The molecule has 2 aliphatic heterocycles. The van der Waals surface area contributed by atoms with E-state index in [-0.39, 0.29) is 11.3 Å². The van der Waals surface area contributed by atoms with Crippen molar-refractivity contribution in [2.24, 2.45) is 5.41 Å². The number of hydrogen-bond acceptors (Lipinski definition) is 4. The number of nitrogens with zero attached hydrogens (tertiary/aromatic N) is 4. The average Bonchev–Trinajstić information content (AvgIpc) is 3.62. The normalized spacial score (nSPS) is 23.8. The zero-order chi connectivity index (χ0) is 19.8. The average molecular weight is 386 g/mol. The topological polar surface area (TPSA) is 60.2 Å². The standard InChI is InChI=1S/C24H26N4O/c25-16-19-7-4-12-26-22(19)27-13-10-24(11-14-27)15-21(18-5-2-1-3-6-18)23(29)28(17-24)20-8-9-20/h1-7,12,20-21H,8-11,13-15,17H2. The Morgan fingerprint density at radius 1 is 1.07 bits per heavy atom. The molecule has 0 N–H and O–H groups in total. The summed E-state index contributed by atoms with van der Waals surface area (Å²) in [6.45, 7) is 2.67. The summed E-state index contributed by atoms with van der Waals surface area (Å²) < 4.78 is 0. The molecule has 1 aromatic heterocycles. The van der Waals surface area contributed by atoms with Crippen molar-refractivity contribution in [2.45, 2.75) is 44.1 Å². The van der Waals surface area contributed by atoms with Gasteiger partial charge in [0.05, 0.1) is 11.5 Å². The lowest BCUT2D eigenvalue weighted by Crippen LogP contribution is -2.54. The van der Waals surface area contributed by atoms with Gasteiger partial charge in [0.15, 0.2) is 0 Å². The van der Waals surface area contributed by atoms with Crippen LogP contribution in [0.4, 0.5) is 5.82 Å². The minimum atomic E-state index is -0.0263. The number of nitriles is 1. The number of carbonyl (C=O) groups is 1. The number of carbonyl (C=O) groups excluding carboxylic acids is 1. The molecular formula is C24H26N4O. The van der Waals surface area contributed by atoms with Crippen molar-refractivity contribution in [1.82, 2.24) is 9.88 Å². The lowest BCUT2D eigenvalue weighted by molar-refractivity contribution is -0.141. The number of benzene rings is 1. The number of rotatable bonds is 3. The smallest absolute Gasteiger partial charge is 0.230 e. The molecule has 3 fully saturated rings. The van der Waals surface area contributed by atoms with E-state index in [0.29, 0.717) is 17.5 Å². The first kappa shape index (κ1) is 18.2. The Hall–Kier alpha value is -2.87.